The minimum absolute atomic E-state index is 0.00555. The Morgan fingerprint density at radius 3 is 2.62 bits per heavy atom. The van der Waals surface area contributed by atoms with Crippen molar-refractivity contribution in [2.45, 2.75) is 17.2 Å². The lowest BCUT2D eigenvalue weighted by Gasteiger charge is -2.07. The summed E-state index contributed by atoms with van der Waals surface area (Å²) in [5, 5.41) is 9.56. The standard InChI is InChI=1S/C14H12N6O3S3/c1-8-6-7-15-13(16-8)20-26(22,23)10-4-2-9(3-5-10)18-19-12-11(21)17-14(24)25-12/h2-7,12H,1H3,(H,15,16,20)(H,17,21,24)/t12-/m1/s1. The average molecular weight is 408 g/mol. The molecule has 1 amide bonds. The molecule has 2 aromatic rings. The maximum Gasteiger partial charge on any atom is 0.264 e. The SMILES string of the molecule is Cc1ccnc(NS(=O)(=O)c2ccc(N=N[C@@H]3SC(=S)NC3=O)cc2)n1. The van der Waals surface area contributed by atoms with E-state index in [9.17, 15) is 13.2 Å². The zero-order chi connectivity index (χ0) is 18.7. The van der Waals surface area contributed by atoms with Crippen LogP contribution in [-0.2, 0) is 14.8 Å². The van der Waals surface area contributed by atoms with Crippen molar-refractivity contribution < 1.29 is 13.2 Å². The van der Waals surface area contributed by atoms with Crippen molar-refractivity contribution in [2.75, 3.05) is 4.72 Å². The second-order valence-corrected chi connectivity index (χ2v) is 8.52. The summed E-state index contributed by atoms with van der Waals surface area (Å²) in [5.41, 5.74) is 1.05. The van der Waals surface area contributed by atoms with Crippen LogP contribution < -0.4 is 10.0 Å². The summed E-state index contributed by atoms with van der Waals surface area (Å²) in [4.78, 5) is 19.4. The van der Waals surface area contributed by atoms with E-state index in [0.29, 0.717) is 15.7 Å². The topological polar surface area (TPSA) is 126 Å². The number of hydrogen-bond acceptors (Lipinski definition) is 9. The smallest absolute Gasteiger partial charge is 0.264 e. The number of aromatic nitrogens is 2. The van der Waals surface area contributed by atoms with Crippen molar-refractivity contribution in [2.24, 2.45) is 10.2 Å². The average Bonchev–Trinajstić information content (AvgIpc) is 2.90. The lowest BCUT2D eigenvalue weighted by Crippen LogP contribution is -2.22. The summed E-state index contributed by atoms with van der Waals surface area (Å²) >= 11 is 5.96. The molecule has 134 valence electrons. The summed E-state index contributed by atoms with van der Waals surface area (Å²) in [6.45, 7) is 1.73. The van der Waals surface area contributed by atoms with E-state index in [-0.39, 0.29) is 16.8 Å². The molecule has 0 saturated carbocycles. The molecular formula is C14H12N6O3S3. The number of carbonyl (C=O) groups excluding carboxylic acids is 1. The Bertz CT molecular complexity index is 991. The number of nitrogens with zero attached hydrogens (tertiary/aromatic N) is 4. The van der Waals surface area contributed by atoms with Gasteiger partial charge in [-0.3, -0.25) is 4.79 Å². The van der Waals surface area contributed by atoms with Crippen molar-refractivity contribution >= 4 is 55.9 Å². The van der Waals surface area contributed by atoms with E-state index in [0.717, 1.165) is 11.8 Å². The normalized spacial score (nSPS) is 17.5. The summed E-state index contributed by atoms with van der Waals surface area (Å²) < 4.78 is 27.4. The highest BCUT2D eigenvalue weighted by molar-refractivity contribution is 8.24. The third-order valence-electron chi connectivity index (χ3n) is 3.11. The highest BCUT2D eigenvalue weighted by Gasteiger charge is 2.28. The maximum absolute atomic E-state index is 12.4. The van der Waals surface area contributed by atoms with Gasteiger partial charge in [-0.15, -0.1) is 0 Å². The number of thiocarbonyl (C=S) groups is 1. The maximum atomic E-state index is 12.4. The van der Waals surface area contributed by atoms with Crippen LogP contribution >= 0.6 is 24.0 Å². The van der Waals surface area contributed by atoms with Gasteiger partial charge < -0.3 is 5.32 Å². The molecule has 26 heavy (non-hydrogen) atoms. The Morgan fingerprint density at radius 1 is 1.27 bits per heavy atom. The summed E-state index contributed by atoms with van der Waals surface area (Å²) in [7, 11) is -3.83. The molecule has 0 spiro atoms. The van der Waals surface area contributed by atoms with Crippen molar-refractivity contribution in [1.82, 2.24) is 15.3 Å². The molecule has 9 nitrogen and oxygen atoms in total. The summed E-state index contributed by atoms with van der Waals surface area (Å²) in [5.74, 6) is -0.334. The number of amides is 1. The number of anilines is 1. The van der Waals surface area contributed by atoms with Gasteiger partial charge in [-0.25, -0.2) is 23.1 Å². The molecule has 1 aliphatic heterocycles. The molecular weight excluding hydrogens is 396 g/mol. The fourth-order valence-corrected chi connectivity index (χ4v) is 3.86. The minimum atomic E-state index is -3.83. The number of carbonyl (C=O) groups is 1. The molecule has 0 bridgehead atoms. The van der Waals surface area contributed by atoms with Crippen molar-refractivity contribution in [3.8, 4) is 0 Å². The lowest BCUT2D eigenvalue weighted by atomic mass is 10.3. The van der Waals surface area contributed by atoms with Crippen molar-refractivity contribution in [3.63, 3.8) is 0 Å². The Labute approximate surface area is 158 Å². The number of benzene rings is 1. The molecule has 1 aliphatic rings. The predicted octanol–water partition coefficient (Wildman–Crippen LogP) is 2.14. The Kier molecular flexibility index (Phi) is 5.25. The van der Waals surface area contributed by atoms with E-state index < -0.39 is 15.4 Å². The second-order valence-electron chi connectivity index (χ2n) is 5.08. The van der Waals surface area contributed by atoms with Gasteiger partial charge in [-0.05, 0) is 37.3 Å². The summed E-state index contributed by atoms with van der Waals surface area (Å²) in [6.07, 6.45) is 1.46. The van der Waals surface area contributed by atoms with Crippen LogP contribution in [-0.4, -0.2) is 34.0 Å². The molecule has 3 rings (SSSR count). The third kappa shape index (κ3) is 4.39. The predicted molar refractivity (Wildman–Crippen MR) is 101 cm³/mol. The largest absolute Gasteiger partial charge is 0.309 e. The number of azo groups is 1. The van der Waals surface area contributed by atoms with E-state index in [4.69, 9.17) is 12.2 Å². The fraction of sp³-hybridized carbons (Fsp3) is 0.143. The van der Waals surface area contributed by atoms with Gasteiger partial charge in [-0.2, -0.15) is 10.2 Å². The van der Waals surface area contributed by atoms with Gasteiger partial charge in [0.25, 0.3) is 15.9 Å². The first-order valence-corrected chi connectivity index (χ1v) is 9.95. The zero-order valence-corrected chi connectivity index (χ0v) is 15.7. The van der Waals surface area contributed by atoms with Gasteiger partial charge in [0.15, 0.2) is 0 Å². The Hall–Kier alpha value is -2.44. The molecule has 1 aromatic carbocycles. The van der Waals surface area contributed by atoms with Gasteiger partial charge in [0.1, 0.15) is 4.32 Å². The number of aryl methyl sites for hydroxylation is 1. The van der Waals surface area contributed by atoms with E-state index >= 15 is 0 Å². The van der Waals surface area contributed by atoms with Crippen molar-refractivity contribution in [3.05, 3.63) is 42.2 Å². The number of nitrogens with one attached hydrogen (secondary N) is 2. The molecule has 1 fully saturated rings. The molecule has 0 unspecified atom stereocenters. The second kappa shape index (κ2) is 7.43. The first kappa shape index (κ1) is 18.4. The highest BCUT2D eigenvalue weighted by Crippen LogP contribution is 2.24. The van der Waals surface area contributed by atoms with Crippen LogP contribution in [0.25, 0.3) is 0 Å². The molecule has 0 aliphatic carbocycles. The van der Waals surface area contributed by atoms with Crippen LogP contribution in [0.5, 0.6) is 0 Å². The van der Waals surface area contributed by atoms with Crippen LogP contribution in [0.15, 0.2) is 51.7 Å². The molecule has 1 atom stereocenters. The first-order valence-electron chi connectivity index (χ1n) is 7.18. The van der Waals surface area contributed by atoms with E-state index in [1.54, 1.807) is 13.0 Å². The number of hydrogen-bond donors (Lipinski definition) is 2. The number of rotatable bonds is 5. The van der Waals surface area contributed by atoms with E-state index in [1.807, 2.05) is 0 Å². The number of sulfonamides is 1. The highest BCUT2D eigenvalue weighted by atomic mass is 32.2. The molecule has 2 heterocycles. The van der Waals surface area contributed by atoms with Gasteiger partial charge >= 0.3 is 0 Å². The first-order chi connectivity index (χ1) is 12.3. The van der Waals surface area contributed by atoms with Crippen LogP contribution in [0.4, 0.5) is 11.6 Å². The molecule has 1 aromatic heterocycles. The molecule has 1 saturated heterocycles. The van der Waals surface area contributed by atoms with Crippen molar-refractivity contribution in [1.29, 1.82) is 0 Å². The van der Waals surface area contributed by atoms with Crippen LogP contribution in [0.1, 0.15) is 5.69 Å². The lowest BCUT2D eigenvalue weighted by molar-refractivity contribution is -0.118. The minimum Gasteiger partial charge on any atom is -0.309 e. The molecule has 0 radical (unpaired) electrons. The van der Waals surface area contributed by atoms with Gasteiger partial charge in [0.05, 0.1) is 10.6 Å². The van der Waals surface area contributed by atoms with Crippen LogP contribution in [0.2, 0.25) is 0 Å². The van der Waals surface area contributed by atoms with E-state index in [2.05, 4.69) is 30.2 Å². The van der Waals surface area contributed by atoms with Gasteiger partial charge in [-0.1, -0.05) is 24.0 Å². The number of thioether (sulfide) groups is 1. The van der Waals surface area contributed by atoms with Gasteiger partial charge in [0, 0.05) is 11.9 Å². The van der Waals surface area contributed by atoms with E-state index in [1.165, 1.54) is 30.5 Å². The zero-order valence-electron chi connectivity index (χ0n) is 13.3. The Balaban J connectivity index is 1.72. The van der Waals surface area contributed by atoms with Crippen LogP contribution in [0.3, 0.4) is 0 Å². The Morgan fingerprint density at radius 2 is 2.00 bits per heavy atom. The van der Waals surface area contributed by atoms with Crippen LogP contribution in [0, 0.1) is 6.92 Å². The van der Waals surface area contributed by atoms with Gasteiger partial charge in [0.2, 0.25) is 11.3 Å². The monoisotopic (exact) mass is 408 g/mol. The molecule has 2 N–H and O–H groups in total. The fourth-order valence-electron chi connectivity index (χ4n) is 1.91. The molecule has 12 heteroatoms. The quantitative estimate of drug-likeness (QED) is 0.573. The third-order valence-corrected chi connectivity index (χ3v) is 5.70. The summed E-state index contributed by atoms with van der Waals surface area (Å²) in [6, 6.07) is 7.36.